The average Bonchev–Trinajstić information content (AvgIpc) is 2.59. The van der Waals surface area contributed by atoms with E-state index in [2.05, 4.69) is 72.9 Å². The molecule has 0 saturated heterocycles. The second kappa shape index (κ2) is 10.4. The molecule has 0 heterocycles. The van der Waals surface area contributed by atoms with Crippen molar-refractivity contribution >= 4 is 5.57 Å². The van der Waals surface area contributed by atoms with Gasteiger partial charge in [0.25, 0.3) is 0 Å². The predicted molar refractivity (Wildman–Crippen MR) is 98.8 cm³/mol. The minimum absolute atomic E-state index is 0.949. The third-order valence-electron chi connectivity index (χ3n) is 3.34. The molecule has 0 aromatic heterocycles. The molecule has 116 valence electrons. The number of rotatable bonds is 5. The van der Waals surface area contributed by atoms with Gasteiger partial charge in [-0.25, -0.2) is 0 Å². The fourth-order valence-corrected chi connectivity index (χ4v) is 2.14. The number of hydrogen-bond acceptors (Lipinski definition) is 1. The third-order valence-corrected chi connectivity index (χ3v) is 3.34. The van der Waals surface area contributed by atoms with Gasteiger partial charge in [-0.1, -0.05) is 74.5 Å². The predicted octanol–water partition coefficient (Wildman–Crippen LogP) is 5.38. The van der Waals surface area contributed by atoms with Crippen LogP contribution in [0.15, 0.2) is 72.9 Å². The average molecular weight is 293 g/mol. The lowest BCUT2D eigenvalue weighted by atomic mass is 10.0. The van der Waals surface area contributed by atoms with E-state index in [1.807, 2.05) is 33.2 Å². The van der Waals surface area contributed by atoms with Gasteiger partial charge in [0.1, 0.15) is 0 Å². The van der Waals surface area contributed by atoms with Crippen molar-refractivity contribution in [1.29, 1.82) is 0 Å². The summed E-state index contributed by atoms with van der Waals surface area (Å²) in [5.41, 5.74) is 5.20. The second-order valence-corrected chi connectivity index (χ2v) is 4.78. The summed E-state index contributed by atoms with van der Waals surface area (Å²) in [6.45, 7) is 6.16. The number of hydrogen-bond donors (Lipinski definition) is 1. The van der Waals surface area contributed by atoms with Crippen molar-refractivity contribution in [3.8, 4) is 0 Å². The zero-order valence-electron chi connectivity index (χ0n) is 14.1. The van der Waals surface area contributed by atoms with E-state index in [-0.39, 0.29) is 0 Å². The Labute approximate surface area is 135 Å². The maximum Gasteiger partial charge on any atom is 0.00277 e. The SMILES string of the molecule is CC.CN/C=C\C(=C/Cc1ccccc1C)c1ccccc1. The number of allylic oxidation sites excluding steroid dienone is 3. The van der Waals surface area contributed by atoms with Gasteiger partial charge in [-0.2, -0.15) is 0 Å². The molecule has 0 spiro atoms. The molecule has 1 nitrogen and oxygen atoms in total. The summed E-state index contributed by atoms with van der Waals surface area (Å²) in [7, 11) is 1.92. The smallest absolute Gasteiger partial charge is 0.00277 e. The maximum atomic E-state index is 3.06. The summed E-state index contributed by atoms with van der Waals surface area (Å²) in [4.78, 5) is 0. The highest BCUT2D eigenvalue weighted by molar-refractivity contribution is 5.74. The van der Waals surface area contributed by atoms with Crippen LogP contribution in [0.5, 0.6) is 0 Å². The monoisotopic (exact) mass is 293 g/mol. The van der Waals surface area contributed by atoms with Gasteiger partial charge in [0.05, 0.1) is 0 Å². The van der Waals surface area contributed by atoms with Crippen molar-refractivity contribution in [2.24, 2.45) is 0 Å². The minimum Gasteiger partial charge on any atom is -0.394 e. The first kappa shape index (κ1) is 17.8. The van der Waals surface area contributed by atoms with Crippen molar-refractivity contribution in [1.82, 2.24) is 5.32 Å². The molecule has 1 heteroatoms. The summed E-state index contributed by atoms with van der Waals surface area (Å²) in [5.74, 6) is 0. The molecular weight excluding hydrogens is 266 g/mol. The minimum atomic E-state index is 0.949. The van der Waals surface area contributed by atoms with E-state index in [0.29, 0.717) is 0 Å². The quantitative estimate of drug-likeness (QED) is 0.730. The van der Waals surface area contributed by atoms with Gasteiger partial charge in [-0.3, -0.25) is 0 Å². The molecule has 0 amide bonds. The molecule has 0 aliphatic heterocycles. The Kier molecular flexibility index (Phi) is 8.44. The van der Waals surface area contributed by atoms with Crippen LogP contribution in [0.4, 0.5) is 0 Å². The van der Waals surface area contributed by atoms with E-state index in [1.54, 1.807) is 0 Å². The Morgan fingerprint density at radius 3 is 2.23 bits per heavy atom. The zero-order valence-corrected chi connectivity index (χ0v) is 14.1. The summed E-state index contributed by atoms with van der Waals surface area (Å²) < 4.78 is 0. The highest BCUT2D eigenvalue weighted by Gasteiger charge is 1.99. The summed E-state index contributed by atoms with van der Waals surface area (Å²) in [6, 6.07) is 19.0. The van der Waals surface area contributed by atoms with Gasteiger partial charge in [-0.05, 0) is 47.9 Å². The van der Waals surface area contributed by atoms with Gasteiger partial charge in [0.15, 0.2) is 0 Å². The molecule has 0 radical (unpaired) electrons. The first-order chi connectivity index (χ1) is 10.8. The van der Waals surface area contributed by atoms with Gasteiger partial charge < -0.3 is 5.32 Å². The Bertz CT molecular complexity index is 594. The second-order valence-electron chi connectivity index (χ2n) is 4.78. The van der Waals surface area contributed by atoms with Gasteiger partial charge in [0, 0.05) is 7.05 Å². The first-order valence-electron chi connectivity index (χ1n) is 7.95. The van der Waals surface area contributed by atoms with Crippen LogP contribution in [0.2, 0.25) is 0 Å². The van der Waals surface area contributed by atoms with Gasteiger partial charge >= 0.3 is 0 Å². The van der Waals surface area contributed by atoms with Crippen LogP contribution < -0.4 is 5.32 Å². The number of nitrogens with one attached hydrogen (secondary N) is 1. The molecule has 0 atom stereocenters. The molecule has 2 aromatic rings. The molecule has 22 heavy (non-hydrogen) atoms. The largest absolute Gasteiger partial charge is 0.394 e. The fourth-order valence-electron chi connectivity index (χ4n) is 2.14. The lowest BCUT2D eigenvalue weighted by Crippen LogP contribution is -1.93. The summed E-state index contributed by atoms with van der Waals surface area (Å²) in [6.07, 6.45) is 7.32. The highest BCUT2D eigenvalue weighted by atomic mass is 14.8. The normalized spacial score (nSPS) is 11.0. The zero-order chi connectivity index (χ0) is 16.2. The van der Waals surface area contributed by atoms with Gasteiger partial charge in [0.2, 0.25) is 0 Å². The van der Waals surface area contributed by atoms with Crippen molar-refractivity contribution in [3.63, 3.8) is 0 Å². The summed E-state index contributed by atoms with van der Waals surface area (Å²) >= 11 is 0. The first-order valence-corrected chi connectivity index (χ1v) is 7.95. The van der Waals surface area contributed by atoms with Crippen LogP contribution in [0.3, 0.4) is 0 Å². The van der Waals surface area contributed by atoms with Gasteiger partial charge in [-0.15, -0.1) is 0 Å². The molecule has 0 aliphatic carbocycles. The molecule has 0 aliphatic rings. The fraction of sp³-hybridized carbons (Fsp3) is 0.238. The highest BCUT2D eigenvalue weighted by Crippen LogP contribution is 2.17. The van der Waals surface area contributed by atoms with Crippen molar-refractivity contribution in [3.05, 3.63) is 89.6 Å². The molecule has 0 saturated carbocycles. The maximum absolute atomic E-state index is 3.06. The van der Waals surface area contributed by atoms with Crippen LogP contribution >= 0.6 is 0 Å². The van der Waals surface area contributed by atoms with E-state index in [0.717, 1.165) is 6.42 Å². The Morgan fingerprint density at radius 2 is 1.59 bits per heavy atom. The molecule has 2 rings (SSSR count). The Hall–Kier alpha value is -2.28. The molecule has 0 unspecified atom stereocenters. The van der Waals surface area contributed by atoms with Crippen molar-refractivity contribution < 1.29 is 0 Å². The Morgan fingerprint density at radius 1 is 0.955 bits per heavy atom. The van der Waals surface area contributed by atoms with Crippen LogP contribution in [0, 0.1) is 6.92 Å². The van der Waals surface area contributed by atoms with E-state index < -0.39 is 0 Å². The van der Waals surface area contributed by atoms with Crippen LogP contribution in [-0.2, 0) is 6.42 Å². The number of benzene rings is 2. The molecular formula is C21H27N. The van der Waals surface area contributed by atoms with E-state index in [4.69, 9.17) is 0 Å². The molecule has 2 aromatic carbocycles. The molecule has 0 fully saturated rings. The molecule has 1 N–H and O–H groups in total. The van der Waals surface area contributed by atoms with Crippen molar-refractivity contribution in [2.75, 3.05) is 7.05 Å². The van der Waals surface area contributed by atoms with Crippen molar-refractivity contribution in [2.45, 2.75) is 27.2 Å². The molecule has 0 bridgehead atoms. The van der Waals surface area contributed by atoms with Crippen LogP contribution in [0.25, 0.3) is 5.57 Å². The van der Waals surface area contributed by atoms with E-state index >= 15 is 0 Å². The standard InChI is InChI=1S/C19H21N.C2H6/c1-16-8-6-7-9-17(16)12-13-19(14-15-20-2)18-10-4-3-5-11-18;1-2/h3-11,13-15,20H,12H2,1-2H3;1-2H3/b15-14-,19-13+;. The van der Waals surface area contributed by atoms with E-state index in [1.165, 1.54) is 22.3 Å². The van der Waals surface area contributed by atoms with E-state index in [9.17, 15) is 0 Å². The summed E-state index contributed by atoms with van der Waals surface area (Å²) in [5, 5.41) is 3.06. The lowest BCUT2D eigenvalue weighted by molar-refractivity contribution is 1.10. The van der Waals surface area contributed by atoms with Crippen LogP contribution in [-0.4, -0.2) is 7.05 Å². The topological polar surface area (TPSA) is 12.0 Å². The lowest BCUT2D eigenvalue weighted by Gasteiger charge is -2.05. The number of aryl methyl sites for hydroxylation is 1. The van der Waals surface area contributed by atoms with Crippen LogP contribution in [0.1, 0.15) is 30.5 Å². The Balaban J connectivity index is 0.00000116. The third kappa shape index (κ3) is 5.61.